The molecule has 0 unspecified atom stereocenters. The third kappa shape index (κ3) is 1.61. The fraction of sp³-hybridized carbons (Fsp3) is 0.0833. The summed E-state index contributed by atoms with van der Waals surface area (Å²) < 4.78 is 56.5. The standard InChI is InChI=1S/C12H5F4NO2/c13-7-2-1-6-5-3-4-17-9(5)11(18)19-10(6)8(7)12(14,15)16/h1-4,17H. The zero-order valence-electron chi connectivity index (χ0n) is 9.14. The van der Waals surface area contributed by atoms with Crippen LogP contribution in [0.2, 0.25) is 0 Å². The molecule has 0 aliphatic heterocycles. The second-order valence-electron chi connectivity index (χ2n) is 3.95. The van der Waals surface area contributed by atoms with Gasteiger partial charge in [-0.25, -0.2) is 9.18 Å². The van der Waals surface area contributed by atoms with E-state index in [1.165, 1.54) is 12.3 Å². The van der Waals surface area contributed by atoms with Crippen LogP contribution < -0.4 is 5.63 Å². The fourth-order valence-electron chi connectivity index (χ4n) is 2.05. The summed E-state index contributed by atoms with van der Waals surface area (Å²) in [6, 6.07) is 3.29. The lowest BCUT2D eigenvalue weighted by Crippen LogP contribution is -2.11. The van der Waals surface area contributed by atoms with E-state index < -0.39 is 28.8 Å². The Kier molecular flexibility index (Phi) is 2.23. The monoisotopic (exact) mass is 271 g/mol. The molecule has 1 N–H and O–H groups in total. The zero-order valence-corrected chi connectivity index (χ0v) is 9.14. The van der Waals surface area contributed by atoms with E-state index in [1.807, 2.05) is 0 Å². The van der Waals surface area contributed by atoms with Crippen molar-refractivity contribution in [3.63, 3.8) is 0 Å². The number of alkyl halides is 3. The average Bonchev–Trinajstić information content (AvgIpc) is 2.76. The van der Waals surface area contributed by atoms with Gasteiger partial charge in [0.2, 0.25) is 0 Å². The topological polar surface area (TPSA) is 46.0 Å². The summed E-state index contributed by atoms with van der Waals surface area (Å²) in [6.07, 6.45) is -3.54. The fourth-order valence-corrected chi connectivity index (χ4v) is 2.05. The molecule has 2 heterocycles. The molecule has 0 aliphatic carbocycles. The van der Waals surface area contributed by atoms with E-state index in [0.717, 1.165) is 6.07 Å². The first-order valence-corrected chi connectivity index (χ1v) is 5.19. The highest BCUT2D eigenvalue weighted by molar-refractivity contribution is 6.04. The maximum absolute atomic E-state index is 13.4. The number of nitrogens with one attached hydrogen (secondary N) is 1. The predicted molar refractivity (Wildman–Crippen MR) is 59.3 cm³/mol. The molecule has 2 aromatic heterocycles. The first kappa shape index (κ1) is 11.8. The molecule has 0 saturated heterocycles. The molecule has 0 fully saturated rings. The number of benzene rings is 1. The molecule has 0 atom stereocenters. The van der Waals surface area contributed by atoms with Crippen molar-refractivity contribution in [1.82, 2.24) is 4.98 Å². The predicted octanol–water partition coefficient (Wildman–Crippen LogP) is 3.43. The van der Waals surface area contributed by atoms with Gasteiger partial charge in [-0.15, -0.1) is 0 Å². The lowest BCUT2D eigenvalue weighted by molar-refractivity contribution is -0.139. The Morgan fingerprint density at radius 1 is 1.11 bits per heavy atom. The number of H-pyrrole nitrogens is 1. The second-order valence-corrected chi connectivity index (χ2v) is 3.95. The Balaban J connectivity index is 2.60. The molecule has 3 nitrogen and oxygen atoms in total. The van der Waals surface area contributed by atoms with Crippen LogP contribution in [-0.2, 0) is 6.18 Å². The van der Waals surface area contributed by atoms with Gasteiger partial charge in [-0.05, 0) is 18.2 Å². The van der Waals surface area contributed by atoms with Gasteiger partial charge < -0.3 is 9.40 Å². The molecule has 3 rings (SSSR count). The summed E-state index contributed by atoms with van der Waals surface area (Å²) in [5.74, 6) is -1.47. The van der Waals surface area contributed by atoms with Gasteiger partial charge in [-0.3, -0.25) is 0 Å². The van der Waals surface area contributed by atoms with Gasteiger partial charge in [0.25, 0.3) is 0 Å². The normalized spacial score (nSPS) is 12.4. The van der Waals surface area contributed by atoms with Gasteiger partial charge >= 0.3 is 11.8 Å². The Bertz CT molecular complexity index is 844. The van der Waals surface area contributed by atoms with Crippen molar-refractivity contribution in [1.29, 1.82) is 0 Å². The number of rotatable bonds is 0. The minimum absolute atomic E-state index is 0.0320. The van der Waals surface area contributed by atoms with E-state index in [-0.39, 0.29) is 16.3 Å². The van der Waals surface area contributed by atoms with Crippen LogP contribution >= 0.6 is 0 Å². The largest absolute Gasteiger partial charge is 0.422 e. The minimum atomic E-state index is -4.94. The van der Waals surface area contributed by atoms with E-state index >= 15 is 0 Å². The van der Waals surface area contributed by atoms with Crippen molar-refractivity contribution in [3.8, 4) is 0 Å². The van der Waals surface area contributed by atoms with Crippen LogP contribution in [0.4, 0.5) is 17.6 Å². The maximum atomic E-state index is 13.4. The van der Waals surface area contributed by atoms with E-state index in [1.54, 1.807) is 0 Å². The molecule has 7 heteroatoms. The number of aromatic amines is 1. The number of halogens is 4. The van der Waals surface area contributed by atoms with Crippen molar-refractivity contribution in [2.75, 3.05) is 0 Å². The average molecular weight is 271 g/mol. The number of hydrogen-bond donors (Lipinski definition) is 1. The minimum Gasteiger partial charge on any atom is -0.420 e. The summed E-state index contributed by atoms with van der Waals surface area (Å²) in [4.78, 5) is 14.1. The quantitative estimate of drug-likeness (QED) is 0.503. The molecule has 0 amide bonds. The van der Waals surface area contributed by atoms with Crippen molar-refractivity contribution >= 4 is 21.9 Å². The molecule has 3 aromatic rings. The third-order valence-corrected chi connectivity index (χ3v) is 2.83. The summed E-state index contributed by atoms with van der Waals surface area (Å²) in [6.45, 7) is 0. The Labute approximate surface area is 102 Å². The van der Waals surface area contributed by atoms with Gasteiger partial charge in [0.15, 0.2) is 5.58 Å². The Morgan fingerprint density at radius 3 is 2.53 bits per heavy atom. The van der Waals surface area contributed by atoms with Gasteiger partial charge in [0, 0.05) is 17.0 Å². The van der Waals surface area contributed by atoms with Crippen LogP contribution in [0, 0.1) is 5.82 Å². The molecule has 0 radical (unpaired) electrons. The van der Waals surface area contributed by atoms with Crippen molar-refractivity contribution < 1.29 is 22.0 Å². The summed E-state index contributed by atoms with van der Waals surface area (Å²) in [5.41, 5.74) is -3.27. The SMILES string of the molecule is O=c1oc2c(C(F)(F)F)c(F)ccc2c2cc[nH]c12. The molecule has 0 spiro atoms. The summed E-state index contributed by atoms with van der Waals surface area (Å²) in [7, 11) is 0. The lowest BCUT2D eigenvalue weighted by atomic mass is 10.1. The Morgan fingerprint density at radius 2 is 1.84 bits per heavy atom. The van der Waals surface area contributed by atoms with Crippen LogP contribution in [0.1, 0.15) is 5.56 Å². The smallest absolute Gasteiger partial charge is 0.420 e. The Hall–Kier alpha value is -2.31. The molecule has 0 aliphatic rings. The summed E-state index contributed by atoms with van der Waals surface area (Å²) in [5, 5.41) is 0.293. The zero-order chi connectivity index (χ0) is 13.8. The lowest BCUT2D eigenvalue weighted by Gasteiger charge is -2.10. The molecule has 0 saturated carbocycles. The van der Waals surface area contributed by atoms with Crippen LogP contribution in [-0.4, -0.2) is 4.98 Å². The second kappa shape index (κ2) is 3.59. The molecule has 1 aromatic carbocycles. The highest BCUT2D eigenvalue weighted by Crippen LogP contribution is 2.37. The molecular formula is C12H5F4NO2. The van der Waals surface area contributed by atoms with E-state index in [9.17, 15) is 22.4 Å². The van der Waals surface area contributed by atoms with Crippen molar-refractivity contribution in [2.45, 2.75) is 6.18 Å². The highest BCUT2D eigenvalue weighted by atomic mass is 19.4. The van der Waals surface area contributed by atoms with E-state index in [4.69, 9.17) is 0 Å². The van der Waals surface area contributed by atoms with Crippen LogP contribution in [0.3, 0.4) is 0 Å². The molecule has 98 valence electrons. The van der Waals surface area contributed by atoms with Gasteiger partial charge in [0.1, 0.15) is 16.9 Å². The molecule has 19 heavy (non-hydrogen) atoms. The number of hydrogen-bond acceptors (Lipinski definition) is 2. The highest BCUT2D eigenvalue weighted by Gasteiger charge is 2.38. The van der Waals surface area contributed by atoms with E-state index in [0.29, 0.717) is 6.07 Å². The van der Waals surface area contributed by atoms with Crippen LogP contribution in [0.5, 0.6) is 0 Å². The molecule has 0 bridgehead atoms. The number of fused-ring (bicyclic) bond motifs is 3. The third-order valence-electron chi connectivity index (χ3n) is 2.83. The maximum Gasteiger partial charge on any atom is 0.422 e. The number of aromatic nitrogens is 1. The van der Waals surface area contributed by atoms with Crippen LogP contribution in [0.15, 0.2) is 33.6 Å². The summed E-state index contributed by atoms with van der Waals surface area (Å²) >= 11 is 0. The molecular weight excluding hydrogens is 266 g/mol. The van der Waals surface area contributed by atoms with Gasteiger partial charge in [-0.1, -0.05) is 0 Å². The van der Waals surface area contributed by atoms with Gasteiger partial charge in [-0.2, -0.15) is 13.2 Å². The first-order chi connectivity index (χ1) is 8.89. The van der Waals surface area contributed by atoms with Crippen molar-refractivity contribution in [3.05, 3.63) is 46.2 Å². The van der Waals surface area contributed by atoms with Crippen LogP contribution in [0.25, 0.3) is 21.9 Å². The van der Waals surface area contributed by atoms with Gasteiger partial charge in [0.05, 0.1) is 0 Å². The van der Waals surface area contributed by atoms with E-state index in [2.05, 4.69) is 9.40 Å². The first-order valence-electron chi connectivity index (χ1n) is 5.19. The van der Waals surface area contributed by atoms with Crippen molar-refractivity contribution in [2.24, 2.45) is 0 Å².